The van der Waals surface area contributed by atoms with Crippen molar-refractivity contribution in [2.24, 2.45) is 0 Å². The molecule has 7 nitrogen and oxygen atoms in total. The minimum Gasteiger partial charge on any atom is -0.355 e. The average molecular weight is 432 g/mol. The molecule has 1 N–H and O–H groups in total. The van der Waals surface area contributed by atoms with E-state index < -0.39 is 22.0 Å². The Morgan fingerprint density at radius 2 is 1.63 bits per heavy atom. The lowest BCUT2D eigenvalue weighted by Gasteiger charge is -2.30. The van der Waals surface area contributed by atoms with Crippen molar-refractivity contribution in [3.63, 3.8) is 0 Å². The van der Waals surface area contributed by atoms with Gasteiger partial charge < -0.3 is 10.2 Å². The predicted molar refractivity (Wildman–Crippen MR) is 116 cm³/mol. The molecule has 1 atom stereocenters. The number of aryl methyl sites for hydroxylation is 1. The highest BCUT2D eigenvalue weighted by Gasteiger charge is 2.30. The van der Waals surface area contributed by atoms with E-state index in [0.717, 1.165) is 15.4 Å². The zero-order valence-corrected chi connectivity index (χ0v) is 18.6. The highest BCUT2D eigenvalue weighted by atomic mass is 32.2. The second kappa shape index (κ2) is 10.4. The average Bonchev–Trinajstić information content (AvgIpc) is 2.72. The Balaban J connectivity index is 2.23. The smallest absolute Gasteiger partial charge is 0.243 e. The van der Waals surface area contributed by atoms with E-state index in [2.05, 4.69) is 5.32 Å². The van der Waals surface area contributed by atoms with Crippen LogP contribution in [0, 0.1) is 6.92 Å². The van der Waals surface area contributed by atoms with Gasteiger partial charge in [-0.05, 0) is 38.5 Å². The van der Waals surface area contributed by atoms with Crippen LogP contribution in [0.25, 0.3) is 0 Å². The molecule has 0 saturated carbocycles. The van der Waals surface area contributed by atoms with Crippen molar-refractivity contribution in [3.05, 3.63) is 65.7 Å². The summed E-state index contributed by atoms with van der Waals surface area (Å²) < 4.78 is 26.7. The van der Waals surface area contributed by atoms with Gasteiger partial charge in [-0.25, -0.2) is 8.42 Å². The number of nitrogens with zero attached hydrogens (tertiary/aromatic N) is 2. The maximum Gasteiger partial charge on any atom is 0.243 e. The largest absolute Gasteiger partial charge is 0.355 e. The summed E-state index contributed by atoms with van der Waals surface area (Å²) in [4.78, 5) is 27.0. The second-order valence-corrected chi connectivity index (χ2v) is 9.20. The molecule has 2 aromatic carbocycles. The van der Waals surface area contributed by atoms with E-state index in [1.807, 2.05) is 37.3 Å². The van der Waals surface area contributed by atoms with Crippen LogP contribution in [0.2, 0.25) is 0 Å². The number of nitrogens with one attached hydrogen (secondary N) is 1. The minimum absolute atomic E-state index is 0.120. The summed E-state index contributed by atoms with van der Waals surface area (Å²) in [5, 5.41) is 2.72. The Bertz CT molecular complexity index is 960. The summed E-state index contributed by atoms with van der Waals surface area (Å²) in [6, 6.07) is 15.0. The van der Waals surface area contributed by atoms with E-state index in [-0.39, 0.29) is 23.9 Å². The van der Waals surface area contributed by atoms with Gasteiger partial charge in [-0.3, -0.25) is 9.59 Å². The maximum absolute atomic E-state index is 13.1. The minimum atomic E-state index is -3.83. The van der Waals surface area contributed by atoms with Gasteiger partial charge in [0.2, 0.25) is 21.8 Å². The van der Waals surface area contributed by atoms with Crippen LogP contribution in [0.15, 0.2) is 59.5 Å². The molecule has 0 saturated heterocycles. The van der Waals surface area contributed by atoms with Crippen LogP contribution in [0.3, 0.4) is 0 Å². The van der Waals surface area contributed by atoms with Crippen molar-refractivity contribution in [3.8, 4) is 0 Å². The van der Waals surface area contributed by atoms with Crippen LogP contribution in [-0.4, -0.2) is 55.6 Å². The number of likely N-dealkylation sites (N-methyl/N-ethyl adjacent to an activating group) is 2. The number of benzene rings is 2. The van der Waals surface area contributed by atoms with E-state index >= 15 is 0 Å². The Morgan fingerprint density at radius 1 is 1.03 bits per heavy atom. The molecule has 0 aliphatic rings. The summed E-state index contributed by atoms with van der Waals surface area (Å²) >= 11 is 0. The summed E-state index contributed by atoms with van der Waals surface area (Å²) in [5.74, 6) is -0.735. The Kier molecular flexibility index (Phi) is 8.14. The van der Waals surface area contributed by atoms with Crippen molar-refractivity contribution < 1.29 is 18.0 Å². The van der Waals surface area contributed by atoms with Gasteiger partial charge in [0.25, 0.3) is 0 Å². The molecule has 162 valence electrons. The van der Waals surface area contributed by atoms with Crippen LogP contribution in [0.5, 0.6) is 0 Å². The van der Waals surface area contributed by atoms with Gasteiger partial charge in [-0.2, -0.15) is 4.31 Å². The number of hydrogen-bond acceptors (Lipinski definition) is 4. The topological polar surface area (TPSA) is 86.8 Å². The molecule has 0 aromatic heterocycles. The number of hydrogen-bond donors (Lipinski definition) is 1. The third-order valence-electron chi connectivity index (χ3n) is 4.80. The molecule has 2 aromatic rings. The Labute approximate surface area is 178 Å². The van der Waals surface area contributed by atoms with Crippen molar-refractivity contribution in [2.45, 2.75) is 38.3 Å². The van der Waals surface area contributed by atoms with E-state index in [4.69, 9.17) is 0 Å². The first-order valence-electron chi connectivity index (χ1n) is 9.81. The van der Waals surface area contributed by atoms with Crippen LogP contribution >= 0.6 is 0 Å². The Morgan fingerprint density at radius 3 is 2.20 bits per heavy atom. The number of carbonyl (C=O) groups excluding carboxylic acids is 2. The first-order chi connectivity index (χ1) is 14.2. The van der Waals surface area contributed by atoms with Crippen LogP contribution < -0.4 is 5.32 Å². The highest BCUT2D eigenvalue weighted by Crippen LogP contribution is 2.16. The lowest BCUT2D eigenvalue weighted by Crippen LogP contribution is -2.50. The van der Waals surface area contributed by atoms with Crippen molar-refractivity contribution >= 4 is 21.8 Å². The van der Waals surface area contributed by atoms with Crippen molar-refractivity contribution in [1.29, 1.82) is 0 Å². The van der Waals surface area contributed by atoms with E-state index in [0.29, 0.717) is 6.54 Å². The lowest BCUT2D eigenvalue weighted by molar-refractivity contribution is -0.140. The van der Waals surface area contributed by atoms with Gasteiger partial charge in [0.05, 0.1) is 11.4 Å². The van der Waals surface area contributed by atoms with Gasteiger partial charge in [-0.1, -0.05) is 48.0 Å². The molecule has 0 radical (unpaired) electrons. The molecule has 0 unspecified atom stereocenters. The van der Waals surface area contributed by atoms with Crippen LogP contribution in [0.1, 0.15) is 25.0 Å². The molecule has 0 aliphatic carbocycles. The first-order valence-corrected chi connectivity index (χ1v) is 11.2. The van der Waals surface area contributed by atoms with E-state index in [1.54, 1.807) is 26.0 Å². The SMILES string of the molecule is CCNC(=O)[C@@H](C)N(Cc1ccccc1)C(=O)CN(C)S(=O)(=O)c1ccc(C)cc1. The molecular formula is C22H29N3O4S. The van der Waals surface area contributed by atoms with Gasteiger partial charge in [0, 0.05) is 20.1 Å². The quantitative estimate of drug-likeness (QED) is 0.659. The molecular weight excluding hydrogens is 402 g/mol. The number of rotatable bonds is 9. The van der Waals surface area contributed by atoms with Gasteiger partial charge >= 0.3 is 0 Å². The van der Waals surface area contributed by atoms with Gasteiger partial charge in [0.15, 0.2) is 0 Å². The first kappa shape index (κ1) is 23.6. The monoisotopic (exact) mass is 431 g/mol. The summed E-state index contributed by atoms with van der Waals surface area (Å²) in [5.41, 5.74) is 1.79. The lowest BCUT2D eigenvalue weighted by atomic mass is 10.1. The highest BCUT2D eigenvalue weighted by molar-refractivity contribution is 7.89. The second-order valence-electron chi connectivity index (χ2n) is 7.15. The molecule has 0 bridgehead atoms. The molecule has 30 heavy (non-hydrogen) atoms. The number of amides is 2. The summed E-state index contributed by atoms with van der Waals surface area (Å²) in [7, 11) is -2.46. The molecule has 2 rings (SSSR count). The number of carbonyl (C=O) groups is 2. The third-order valence-corrected chi connectivity index (χ3v) is 6.62. The maximum atomic E-state index is 13.1. The van der Waals surface area contributed by atoms with Gasteiger partial charge in [-0.15, -0.1) is 0 Å². The molecule has 0 heterocycles. The zero-order chi connectivity index (χ0) is 22.3. The fourth-order valence-electron chi connectivity index (χ4n) is 2.94. The molecule has 0 aliphatic heterocycles. The fraction of sp³-hybridized carbons (Fsp3) is 0.364. The van der Waals surface area contributed by atoms with Gasteiger partial charge in [0.1, 0.15) is 6.04 Å². The fourth-order valence-corrected chi connectivity index (χ4v) is 4.06. The van der Waals surface area contributed by atoms with Crippen LogP contribution in [-0.2, 0) is 26.2 Å². The zero-order valence-electron chi connectivity index (χ0n) is 17.8. The molecule has 0 spiro atoms. The third kappa shape index (κ3) is 5.90. The van der Waals surface area contributed by atoms with Crippen LogP contribution in [0.4, 0.5) is 0 Å². The van der Waals surface area contributed by atoms with E-state index in [9.17, 15) is 18.0 Å². The standard InChI is InChI=1S/C22H29N3O4S/c1-5-23-22(27)18(3)25(15-19-9-7-6-8-10-19)21(26)16-24(4)30(28,29)20-13-11-17(2)12-14-20/h6-14,18H,5,15-16H2,1-4H3,(H,23,27)/t18-/m1/s1. The molecule has 0 fully saturated rings. The predicted octanol–water partition coefficient (Wildman–Crippen LogP) is 2.17. The van der Waals surface area contributed by atoms with E-state index in [1.165, 1.54) is 24.1 Å². The Hall–Kier alpha value is -2.71. The molecule has 8 heteroatoms. The van der Waals surface area contributed by atoms with Crippen molar-refractivity contribution in [2.75, 3.05) is 20.1 Å². The summed E-state index contributed by atoms with van der Waals surface area (Å²) in [6.45, 7) is 5.59. The van der Waals surface area contributed by atoms with Crippen molar-refractivity contribution in [1.82, 2.24) is 14.5 Å². The molecule has 2 amide bonds. The summed E-state index contributed by atoms with van der Waals surface area (Å²) in [6.07, 6.45) is 0. The number of sulfonamides is 1. The normalized spacial score (nSPS) is 12.4.